The summed E-state index contributed by atoms with van der Waals surface area (Å²) in [5, 5.41) is 5.06. The molecule has 148 valence electrons. The Kier molecular flexibility index (Phi) is 5.27. The molecule has 0 aliphatic heterocycles. The van der Waals surface area contributed by atoms with Crippen molar-refractivity contribution in [2.75, 3.05) is 11.6 Å². The van der Waals surface area contributed by atoms with Gasteiger partial charge in [-0.1, -0.05) is 11.6 Å². The van der Waals surface area contributed by atoms with E-state index >= 15 is 0 Å². The normalized spacial score (nSPS) is 20.4. The average Bonchev–Trinajstić information content (AvgIpc) is 3.06. The van der Waals surface area contributed by atoms with Crippen molar-refractivity contribution in [1.29, 1.82) is 0 Å². The number of halogens is 1. The highest BCUT2D eigenvalue weighted by Gasteiger charge is 2.23. The van der Waals surface area contributed by atoms with Crippen LogP contribution in [-0.4, -0.2) is 41.7 Å². The summed E-state index contributed by atoms with van der Waals surface area (Å²) >= 11 is 6.35. The Morgan fingerprint density at radius 1 is 1.18 bits per heavy atom. The molecule has 1 saturated carbocycles. The summed E-state index contributed by atoms with van der Waals surface area (Å²) in [6, 6.07) is 7.80. The maximum Gasteiger partial charge on any atom is 0.208 e. The van der Waals surface area contributed by atoms with Crippen LogP contribution in [0.2, 0.25) is 5.02 Å². The maximum absolute atomic E-state index is 11.4. The number of hydrogen-bond donors (Lipinski definition) is 3. The Morgan fingerprint density at radius 2 is 1.93 bits per heavy atom. The number of nitrogens with one attached hydrogen (secondary N) is 3. The molecule has 3 aromatic heterocycles. The van der Waals surface area contributed by atoms with Crippen molar-refractivity contribution in [2.45, 2.75) is 37.8 Å². The second-order valence-corrected chi connectivity index (χ2v) is 9.46. The van der Waals surface area contributed by atoms with Crippen LogP contribution in [0.15, 0.2) is 36.7 Å². The van der Waals surface area contributed by atoms with Crippen LogP contribution in [0.3, 0.4) is 0 Å². The number of fused-ring (bicyclic) bond motifs is 1. The number of sulfonamides is 1. The Labute approximate surface area is 169 Å². The van der Waals surface area contributed by atoms with Gasteiger partial charge in [-0.3, -0.25) is 0 Å². The molecule has 0 amide bonds. The highest BCUT2D eigenvalue weighted by Crippen LogP contribution is 2.30. The highest BCUT2D eigenvalue weighted by molar-refractivity contribution is 7.88. The van der Waals surface area contributed by atoms with Gasteiger partial charge >= 0.3 is 0 Å². The summed E-state index contributed by atoms with van der Waals surface area (Å²) in [6.45, 7) is 0. The van der Waals surface area contributed by atoms with E-state index in [4.69, 9.17) is 16.6 Å². The molecule has 0 spiro atoms. The van der Waals surface area contributed by atoms with Gasteiger partial charge in [0.15, 0.2) is 0 Å². The van der Waals surface area contributed by atoms with E-state index in [1.165, 1.54) is 6.26 Å². The van der Waals surface area contributed by atoms with E-state index < -0.39 is 10.0 Å². The Balaban J connectivity index is 1.49. The van der Waals surface area contributed by atoms with E-state index in [-0.39, 0.29) is 12.1 Å². The van der Waals surface area contributed by atoms with E-state index in [1.54, 1.807) is 6.20 Å². The molecule has 0 atom stereocenters. The van der Waals surface area contributed by atoms with Crippen LogP contribution >= 0.6 is 11.6 Å². The van der Waals surface area contributed by atoms with E-state index in [2.05, 4.69) is 20.0 Å². The molecule has 7 nitrogen and oxygen atoms in total. The lowest BCUT2D eigenvalue weighted by Gasteiger charge is -2.29. The Morgan fingerprint density at radius 3 is 2.68 bits per heavy atom. The first kappa shape index (κ1) is 19.2. The first-order valence-electron chi connectivity index (χ1n) is 9.21. The van der Waals surface area contributed by atoms with Gasteiger partial charge in [0.1, 0.15) is 11.5 Å². The van der Waals surface area contributed by atoms with Gasteiger partial charge in [0, 0.05) is 40.4 Å². The van der Waals surface area contributed by atoms with Crippen molar-refractivity contribution < 1.29 is 8.42 Å². The highest BCUT2D eigenvalue weighted by atomic mass is 35.5. The Hall–Kier alpha value is -2.16. The van der Waals surface area contributed by atoms with Crippen LogP contribution in [0.4, 0.5) is 5.82 Å². The van der Waals surface area contributed by atoms with E-state index in [0.717, 1.165) is 53.8 Å². The fraction of sp³-hybridized carbons (Fsp3) is 0.368. The standard InChI is InChI=1S/C19H22ClN5O2S/c1-28(26,27)25-14-6-4-13(5-7-14)23-18-10-12(20)9-17(24-18)16-11-22-19-15(16)3-2-8-21-19/h2-3,8-11,13-14,25H,4-7H2,1H3,(H,21,22)(H,23,24)/t13-,14-. The van der Waals surface area contributed by atoms with Gasteiger partial charge in [0.2, 0.25) is 10.0 Å². The summed E-state index contributed by atoms with van der Waals surface area (Å²) in [6.07, 6.45) is 8.17. The number of hydrogen-bond acceptors (Lipinski definition) is 5. The first-order chi connectivity index (χ1) is 13.4. The second-order valence-electron chi connectivity index (χ2n) is 7.24. The van der Waals surface area contributed by atoms with Crippen LogP contribution in [0.25, 0.3) is 22.3 Å². The van der Waals surface area contributed by atoms with Gasteiger partial charge in [-0.25, -0.2) is 23.1 Å². The molecule has 0 aromatic carbocycles. The molecule has 0 radical (unpaired) electrons. The average molecular weight is 420 g/mol. The van der Waals surface area contributed by atoms with E-state index in [1.807, 2.05) is 30.5 Å². The lowest BCUT2D eigenvalue weighted by atomic mass is 9.92. The van der Waals surface area contributed by atoms with Gasteiger partial charge in [0.25, 0.3) is 0 Å². The number of nitrogens with zero attached hydrogens (tertiary/aromatic N) is 2. The van der Waals surface area contributed by atoms with Crippen LogP contribution in [0.5, 0.6) is 0 Å². The minimum atomic E-state index is -3.16. The predicted octanol–water partition coefficient (Wildman–Crippen LogP) is 3.55. The molecule has 1 aliphatic rings. The summed E-state index contributed by atoms with van der Waals surface area (Å²) < 4.78 is 25.5. The summed E-state index contributed by atoms with van der Waals surface area (Å²) in [5.41, 5.74) is 2.54. The topological polar surface area (TPSA) is 99.8 Å². The van der Waals surface area contributed by atoms with Gasteiger partial charge in [-0.2, -0.15) is 0 Å². The predicted molar refractivity (Wildman–Crippen MR) is 112 cm³/mol. The third kappa shape index (κ3) is 4.45. The van der Waals surface area contributed by atoms with Crippen molar-refractivity contribution in [1.82, 2.24) is 19.7 Å². The first-order valence-corrected chi connectivity index (χ1v) is 11.5. The minimum absolute atomic E-state index is 0.00894. The van der Waals surface area contributed by atoms with Crippen molar-refractivity contribution in [2.24, 2.45) is 0 Å². The third-order valence-electron chi connectivity index (χ3n) is 4.98. The fourth-order valence-electron chi connectivity index (χ4n) is 3.74. The molecule has 4 rings (SSSR count). The Bertz CT molecular complexity index is 1090. The summed E-state index contributed by atoms with van der Waals surface area (Å²) in [5.74, 6) is 0.722. The molecular formula is C19H22ClN5O2S. The number of aromatic nitrogens is 3. The van der Waals surface area contributed by atoms with Crippen molar-refractivity contribution in [3.63, 3.8) is 0 Å². The SMILES string of the molecule is CS(=O)(=O)N[C@H]1CC[C@H](Nc2cc(Cl)cc(-c3c[nH]c4ncccc34)n2)CC1. The molecule has 1 fully saturated rings. The minimum Gasteiger partial charge on any atom is -0.367 e. The smallest absolute Gasteiger partial charge is 0.208 e. The van der Waals surface area contributed by atoms with Gasteiger partial charge in [0.05, 0.1) is 11.9 Å². The van der Waals surface area contributed by atoms with Crippen molar-refractivity contribution in [3.8, 4) is 11.3 Å². The third-order valence-corrected chi connectivity index (χ3v) is 5.96. The number of anilines is 1. The monoisotopic (exact) mass is 419 g/mol. The molecule has 3 N–H and O–H groups in total. The van der Waals surface area contributed by atoms with Crippen LogP contribution < -0.4 is 10.0 Å². The van der Waals surface area contributed by atoms with Gasteiger partial charge in [-0.15, -0.1) is 0 Å². The quantitative estimate of drug-likeness (QED) is 0.587. The zero-order valence-corrected chi connectivity index (χ0v) is 17.0. The van der Waals surface area contributed by atoms with E-state index in [9.17, 15) is 8.42 Å². The summed E-state index contributed by atoms with van der Waals surface area (Å²) in [7, 11) is -3.16. The molecule has 28 heavy (non-hydrogen) atoms. The molecule has 3 aromatic rings. The summed E-state index contributed by atoms with van der Waals surface area (Å²) in [4.78, 5) is 12.2. The zero-order valence-electron chi connectivity index (χ0n) is 15.4. The molecule has 9 heteroatoms. The van der Waals surface area contributed by atoms with Crippen molar-refractivity contribution in [3.05, 3.63) is 41.7 Å². The van der Waals surface area contributed by atoms with Crippen molar-refractivity contribution >= 4 is 38.5 Å². The molecule has 0 bridgehead atoms. The molecule has 1 aliphatic carbocycles. The van der Waals surface area contributed by atoms with Gasteiger partial charge < -0.3 is 10.3 Å². The maximum atomic E-state index is 11.4. The fourth-order valence-corrected chi connectivity index (χ4v) is 4.79. The number of pyridine rings is 2. The molecular weight excluding hydrogens is 398 g/mol. The second kappa shape index (κ2) is 7.69. The largest absolute Gasteiger partial charge is 0.367 e. The van der Waals surface area contributed by atoms with E-state index in [0.29, 0.717) is 5.02 Å². The lowest BCUT2D eigenvalue weighted by Crippen LogP contribution is -2.39. The number of aromatic amines is 1. The number of rotatable bonds is 5. The molecule has 0 unspecified atom stereocenters. The number of H-pyrrole nitrogens is 1. The van der Waals surface area contributed by atoms with Crippen LogP contribution in [0, 0.1) is 0 Å². The molecule has 3 heterocycles. The van der Waals surface area contributed by atoms with Gasteiger partial charge in [-0.05, 0) is 49.9 Å². The van der Waals surface area contributed by atoms with Crippen LogP contribution in [-0.2, 0) is 10.0 Å². The van der Waals surface area contributed by atoms with Crippen LogP contribution in [0.1, 0.15) is 25.7 Å². The zero-order chi connectivity index (χ0) is 19.7. The molecule has 0 saturated heterocycles. The lowest BCUT2D eigenvalue weighted by molar-refractivity contribution is 0.387.